The molecule has 12 heteroatoms. The average Bonchev–Trinajstić information content (AvgIpc) is 2.92. The molecule has 3 aromatic carbocycles. The van der Waals surface area contributed by atoms with Gasteiger partial charge in [-0.05, 0) is 47.5 Å². The Morgan fingerprint density at radius 2 is 1.13 bits per heavy atom. The Balaban J connectivity index is 1.74. The lowest BCUT2D eigenvalue weighted by molar-refractivity contribution is 0.228. The van der Waals surface area contributed by atoms with Gasteiger partial charge in [0.2, 0.25) is 10.0 Å². The van der Waals surface area contributed by atoms with Crippen LogP contribution in [-0.4, -0.2) is 53.2 Å². The molecule has 0 bridgehead atoms. The van der Waals surface area contributed by atoms with Crippen LogP contribution in [0.5, 0.6) is 23.0 Å². The molecule has 0 heterocycles. The lowest BCUT2D eigenvalue weighted by Crippen LogP contribution is -2.37. The molecule has 0 aliphatic rings. The molecule has 0 atom stereocenters. The SMILES string of the molecule is COc1cc(C(N)N)ccc1OCCN(CCOc1ccc(C(N)N)cc1OC)S(=O)(=O)c1ccccc1. The molecule has 0 amide bonds. The highest BCUT2D eigenvalue weighted by Gasteiger charge is 2.25. The van der Waals surface area contributed by atoms with E-state index in [1.807, 2.05) is 0 Å². The molecule has 206 valence electrons. The molecule has 3 rings (SSSR count). The van der Waals surface area contributed by atoms with Gasteiger partial charge in [-0.2, -0.15) is 4.31 Å². The van der Waals surface area contributed by atoms with E-state index in [0.29, 0.717) is 34.1 Å². The summed E-state index contributed by atoms with van der Waals surface area (Å²) in [4.78, 5) is 0.165. The van der Waals surface area contributed by atoms with Crippen LogP contribution in [0.15, 0.2) is 71.6 Å². The number of methoxy groups -OCH3 is 2. The van der Waals surface area contributed by atoms with Crippen molar-refractivity contribution in [3.05, 3.63) is 77.9 Å². The number of benzene rings is 3. The smallest absolute Gasteiger partial charge is 0.243 e. The van der Waals surface area contributed by atoms with Crippen molar-refractivity contribution < 1.29 is 27.4 Å². The molecule has 0 spiro atoms. The summed E-state index contributed by atoms with van der Waals surface area (Å²) >= 11 is 0. The first-order valence-electron chi connectivity index (χ1n) is 11.9. The highest BCUT2D eigenvalue weighted by molar-refractivity contribution is 7.89. The molecule has 8 N–H and O–H groups in total. The number of hydrogen-bond donors (Lipinski definition) is 4. The molecule has 0 saturated heterocycles. The number of ether oxygens (including phenoxy) is 4. The Morgan fingerprint density at radius 1 is 0.684 bits per heavy atom. The largest absolute Gasteiger partial charge is 0.493 e. The Bertz CT molecular complexity index is 1220. The van der Waals surface area contributed by atoms with Gasteiger partial charge in [0.25, 0.3) is 0 Å². The number of nitrogens with zero attached hydrogens (tertiary/aromatic N) is 1. The molecule has 3 aromatic rings. The summed E-state index contributed by atoms with van der Waals surface area (Å²) in [5, 5.41) is 0. The number of rotatable bonds is 14. The molecule has 0 radical (unpaired) electrons. The molecule has 0 unspecified atom stereocenters. The fraction of sp³-hybridized carbons (Fsp3) is 0.308. The fourth-order valence-electron chi connectivity index (χ4n) is 3.63. The van der Waals surface area contributed by atoms with Crippen molar-refractivity contribution in [3.63, 3.8) is 0 Å². The molecule has 0 aromatic heterocycles. The van der Waals surface area contributed by atoms with Crippen LogP contribution in [-0.2, 0) is 10.0 Å². The fourth-order valence-corrected chi connectivity index (χ4v) is 5.06. The second-order valence-corrected chi connectivity index (χ2v) is 10.2. The highest BCUT2D eigenvalue weighted by atomic mass is 32.2. The topological polar surface area (TPSA) is 178 Å². The monoisotopic (exact) mass is 545 g/mol. The number of nitrogens with two attached hydrogens (primary N) is 4. The van der Waals surface area contributed by atoms with Gasteiger partial charge in [0, 0.05) is 13.1 Å². The third-order valence-corrected chi connectivity index (χ3v) is 7.64. The minimum absolute atomic E-state index is 0.0556. The van der Waals surface area contributed by atoms with Gasteiger partial charge in [-0.3, -0.25) is 0 Å². The maximum atomic E-state index is 13.4. The lowest BCUT2D eigenvalue weighted by Gasteiger charge is -2.23. The van der Waals surface area contributed by atoms with Crippen LogP contribution in [0.1, 0.15) is 23.5 Å². The molecule has 0 saturated carbocycles. The van der Waals surface area contributed by atoms with Gasteiger partial charge < -0.3 is 41.9 Å². The van der Waals surface area contributed by atoms with Crippen molar-refractivity contribution in [2.75, 3.05) is 40.5 Å². The van der Waals surface area contributed by atoms with Gasteiger partial charge >= 0.3 is 0 Å². The van der Waals surface area contributed by atoms with E-state index in [2.05, 4.69) is 0 Å². The van der Waals surface area contributed by atoms with Crippen molar-refractivity contribution in [2.24, 2.45) is 22.9 Å². The summed E-state index contributed by atoms with van der Waals surface area (Å²) in [7, 11) is -0.833. The molecule has 11 nitrogen and oxygen atoms in total. The van der Waals surface area contributed by atoms with Crippen LogP contribution >= 0.6 is 0 Å². The predicted molar refractivity (Wildman–Crippen MR) is 144 cm³/mol. The first kappa shape index (κ1) is 29.2. The van der Waals surface area contributed by atoms with Crippen molar-refractivity contribution in [1.82, 2.24) is 4.31 Å². The zero-order valence-electron chi connectivity index (χ0n) is 21.4. The van der Waals surface area contributed by atoms with E-state index >= 15 is 0 Å². The van der Waals surface area contributed by atoms with Gasteiger partial charge in [0.1, 0.15) is 13.2 Å². The van der Waals surface area contributed by atoms with Crippen molar-refractivity contribution >= 4 is 10.0 Å². The Labute approximate surface area is 223 Å². The van der Waals surface area contributed by atoms with Crippen molar-refractivity contribution in [2.45, 2.75) is 17.2 Å². The third kappa shape index (κ3) is 7.34. The van der Waals surface area contributed by atoms with E-state index < -0.39 is 22.4 Å². The van der Waals surface area contributed by atoms with Gasteiger partial charge in [-0.15, -0.1) is 0 Å². The Morgan fingerprint density at radius 3 is 1.53 bits per heavy atom. The third-order valence-electron chi connectivity index (χ3n) is 5.72. The van der Waals surface area contributed by atoms with E-state index in [4.69, 9.17) is 41.9 Å². The molecule has 0 aliphatic heterocycles. The standard InChI is InChI=1S/C26H35N5O6S/c1-34-23-16-18(25(27)28)8-10-21(23)36-14-12-31(38(32,33)20-6-4-3-5-7-20)13-15-37-22-11-9-19(26(29)30)17-24(22)35-2/h3-11,16-17,25-26H,12-15,27-30H2,1-2H3. The minimum Gasteiger partial charge on any atom is -0.493 e. The molecule has 0 fully saturated rings. The predicted octanol–water partition coefficient (Wildman–Crippen LogP) is 1.68. The van der Waals surface area contributed by atoms with Gasteiger partial charge in [-0.25, -0.2) is 8.42 Å². The quantitative estimate of drug-likeness (QED) is 0.218. The minimum atomic E-state index is -3.83. The average molecular weight is 546 g/mol. The normalized spacial score (nSPS) is 11.7. The van der Waals surface area contributed by atoms with Gasteiger partial charge in [0.15, 0.2) is 23.0 Å². The van der Waals surface area contributed by atoms with Crippen LogP contribution in [0.4, 0.5) is 0 Å². The van der Waals surface area contributed by atoms with E-state index in [1.165, 1.54) is 18.5 Å². The van der Waals surface area contributed by atoms with E-state index in [-0.39, 0.29) is 31.2 Å². The number of hydrogen-bond acceptors (Lipinski definition) is 10. The van der Waals surface area contributed by atoms with Gasteiger partial charge in [0.05, 0.1) is 31.4 Å². The second kappa shape index (κ2) is 13.4. The van der Waals surface area contributed by atoms with Crippen LogP contribution in [0.25, 0.3) is 0 Å². The van der Waals surface area contributed by atoms with Crippen LogP contribution in [0, 0.1) is 0 Å². The zero-order chi connectivity index (χ0) is 27.7. The van der Waals surface area contributed by atoms with E-state index in [0.717, 1.165) is 0 Å². The van der Waals surface area contributed by atoms with Crippen LogP contribution in [0.3, 0.4) is 0 Å². The van der Waals surface area contributed by atoms with Gasteiger partial charge in [-0.1, -0.05) is 30.3 Å². The molecule has 0 aliphatic carbocycles. The summed E-state index contributed by atoms with van der Waals surface area (Å²) < 4.78 is 50.6. The Kier molecular flexibility index (Phi) is 10.3. The zero-order valence-corrected chi connectivity index (χ0v) is 22.3. The van der Waals surface area contributed by atoms with Crippen LogP contribution < -0.4 is 41.9 Å². The van der Waals surface area contributed by atoms with Crippen molar-refractivity contribution in [3.8, 4) is 23.0 Å². The molecule has 38 heavy (non-hydrogen) atoms. The maximum absolute atomic E-state index is 13.4. The number of sulfonamides is 1. The summed E-state index contributed by atoms with van der Waals surface area (Å²) in [6, 6.07) is 18.4. The highest BCUT2D eigenvalue weighted by Crippen LogP contribution is 2.30. The van der Waals surface area contributed by atoms with Crippen LogP contribution in [0.2, 0.25) is 0 Å². The summed E-state index contributed by atoms with van der Waals surface area (Å²) in [5.41, 5.74) is 24.3. The lowest BCUT2D eigenvalue weighted by atomic mass is 10.1. The second-order valence-electron chi connectivity index (χ2n) is 8.29. The molecular weight excluding hydrogens is 510 g/mol. The van der Waals surface area contributed by atoms with Crippen molar-refractivity contribution in [1.29, 1.82) is 0 Å². The summed E-state index contributed by atoms with van der Waals surface area (Å²) in [5.74, 6) is 1.76. The first-order chi connectivity index (χ1) is 18.2. The summed E-state index contributed by atoms with van der Waals surface area (Å²) in [6.45, 7) is 0.228. The maximum Gasteiger partial charge on any atom is 0.243 e. The Hall–Kier alpha value is -3.39. The first-order valence-corrected chi connectivity index (χ1v) is 13.3. The summed E-state index contributed by atoms with van der Waals surface area (Å²) in [6.07, 6.45) is -1.32. The molecular formula is C26H35N5O6S. The van der Waals surface area contributed by atoms with E-state index in [9.17, 15) is 8.42 Å². The van der Waals surface area contributed by atoms with E-state index in [1.54, 1.807) is 66.7 Å².